The van der Waals surface area contributed by atoms with Crippen LogP contribution in [0.4, 0.5) is 0 Å². The maximum Gasteiger partial charge on any atom is 0.128 e. The lowest BCUT2D eigenvalue weighted by atomic mass is 10.1. The van der Waals surface area contributed by atoms with Crippen LogP contribution in [0.2, 0.25) is 5.02 Å². The maximum absolute atomic E-state index is 6.00. The van der Waals surface area contributed by atoms with Crippen LogP contribution in [0.15, 0.2) is 24.5 Å². The van der Waals surface area contributed by atoms with Crippen LogP contribution < -0.4 is 10.5 Å². The summed E-state index contributed by atoms with van der Waals surface area (Å²) < 4.78 is 5.31. The second-order valence-electron chi connectivity index (χ2n) is 3.61. The van der Waals surface area contributed by atoms with E-state index in [1.807, 2.05) is 12.1 Å². The molecule has 5 heteroatoms. The van der Waals surface area contributed by atoms with E-state index in [0.717, 1.165) is 29.1 Å². The summed E-state index contributed by atoms with van der Waals surface area (Å²) in [5, 5.41) is 0.655. The predicted molar refractivity (Wildman–Crippen MR) is 68.3 cm³/mol. The minimum atomic E-state index is 0.568. The molecule has 90 valence electrons. The van der Waals surface area contributed by atoms with Crippen molar-refractivity contribution in [1.82, 2.24) is 9.97 Å². The van der Waals surface area contributed by atoms with Crippen molar-refractivity contribution in [2.24, 2.45) is 5.73 Å². The molecule has 0 fully saturated rings. The zero-order valence-corrected chi connectivity index (χ0v) is 10.3. The molecule has 0 spiro atoms. The topological polar surface area (TPSA) is 63.9 Å². The summed E-state index contributed by atoms with van der Waals surface area (Å²) in [6.45, 7) is 0.568. The van der Waals surface area contributed by atoms with E-state index in [9.17, 15) is 0 Å². The first kappa shape index (κ1) is 12.0. The Kier molecular flexibility index (Phi) is 3.66. The molecule has 4 nitrogen and oxygen atoms in total. The van der Waals surface area contributed by atoms with Crippen LogP contribution in [-0.2, 0) is 6.42 Å². The van der Waals surface area contributed by atoms with E-state index in [1.165, 1.54) is 0 Å². The van der Waals surface area contributed by atoms with Gasteiger partial charge in [0.15, 0.2) is 0 Å². The second kappa shape index (κ2) is 5.21. The highest BCUT2D eigenvalue weighted by Gasteiger charge is 2.13. The van der Waals surface area contributed by atoms with Gasteiger partial charge in [0.05, 0.1) is 19.1 Å². The molecule has 0 radical (unpaired) electrons. The van der Waals surface area contributed by atoms with Crippen molar-refractivity contribution in [2.45, 2.75) is 6.42 Å². The number of benzene rings is 1. The molecular weight excluding hydrogens is 238 g/mol. The number of nitrogens with one attached hydrogen (secondary N) is 1. The van der Waals surface area contributed by atoms with Crippen molar-refractivity contribution >= 4 is 11.6 Å². The van der Waals surface area contributed by atoms with E-state index >= 15 is 0 Å². The number of rotatable bonds is 4. The molecule has 0 amide bonds. The van der Waals surface area contributed by atoms with E-state index in [4.69, 9.17) is 22.1 Å². The molecule has 1 aromatic heterocycles. The average molecular weight is 252 g/mol. The first-order valence-electron chi connectivity index (χ1n) is 5.32. The number of hydrogen-bond acceptors (Lipinski definition) is 3. The number of halogens is 1. The van der Waals surface area contributed by atoms with Gasteiger partial charge in [-0.3, -0.25) is 0 Å². The van der Waals surface area contributed by atoms with Gasteiger partial charge in [0.1, 0.15) is 5.75 Å². The van der Waals surface area contributed by atoms with Crippen LogP contribution in [0.3, 0.4) is 0 Å². The summed E-state index contributed by atoms with van der Waals surface area (Å²) in [6.07, 6.45) is 2.39. The third-order valence-corrected chi connectivity index (χ3v) is 2.76. The molecule has 0 bridgehead atoms. The SMILES string of the molecule is COc1ccc(Cl)cc1-c1nc[nH]c1CCN. The molecule has 2 aromatic rings. The fourth-order valence-electron chi connectivity index (χ4n) is 1.75. The molecule has 1 aromatic carbocycles. The standard InChI is InChI=1S/C12H14ClN3O/c1-17-11-3-2-8(13)6-9(11)12-10(4-5-14)15-7-16-12/h2-3,6-7H,4-5,14H2,1H3,(H,15,16). The quantitative estimate of drug-likeness (QED) is 0.876. The molecule has 2 rings (SSSR count). The number of nitrogens with two attached hydrogens (primary N) is 1. The van der Waals surface area contributed by atoms with Gasteiger partial charge in [0.2, 0.25) is 0 Å². The minimum absolute atomic E-state index is 0.568. The minimum Gasteiger partial charge on any atom is -0.496 e. The van der Waals surface area contributed by atoms with Gasteiger partial charge in [-0.25, -0.2) is 4.98 Å². The fraction of sp³-hybridized carbons (Fsp3) is 0.250. The Labute approximate surface area is 105 Å². The number of aromatic nitrogens is 2. The van der Waals surface area contributed by atoms with Gasteiger partial charge in [-0.1, -0.05) is 11.6 Å². The predicted octanol–water partition coefficient (Wildman–Crippen LogP) is 2.24. The summed E-state index contributed by atoms with van der Waals surface area (Å²) in [7, 11) is 1.63. The smallest absolute Gasteiger partial charge is 0.128 e. The van der Waals surface area contributed by atoms with Crippen molar-refractivity contribution < 1.29 is 4.74 Å². The van der Waals surface area contributed by atoms with Gasteiger partial charge < -0.3 is 15.5 Å². The zero-order valence-electron chi connectivity index (χ0n) is 9.53. The molecular formula is C12H14ClN3O. The lowest BCUT2D eigenvalue weighted by Crippen LogP contribution is -2.04. The second-order valence-corrected chi connectivity index (χ2v) is 4.05. The van der Waals surface area contributed by atoms with Crippen LogP contribution in [-0.4, -0.2) is 23.6 Å². The number of nitrogens with zero attached hydrogens (tertiary/aromatic N) is 1. The molecule has 0 unspecified atom stereocenters. The third kappa shape index (κ3) is 2.43. The molecule has 0 aliphatic rings. The molecule has 0 atom stereocenters. The molecule has 17 heavy (non-hydrogen) atoms. The normalized spacial score (nSPS) is 10.5. The van der Waals surface area contributed by atoms with E-state index in [1.54, 1.807) is 19.5 Å². The van der Waals surface area contributed by atoms with Crippen molar-refractivity contribution in [1.29, 1.82) is 0 Å². The highest BCUT2D eigenvalue weighted by atomic mass is 35.5. The van der Waals surface area contributed by atoms with Gasteiger partial charge in [0.25, 0.3) is 0 Å². The van der Waals surface area contributed by atoms with Gasteiger partial charge in [0, 0.05) is 22.7 Å². The van der Waals surface area contributed by atoms with E-state index in [-0.39, 0.29) is 0 Å². The number of hydrogen-bond donors (Lipinski definition) is 2. The van der Waals surface area contributed by atoms with Crippen LogP contribution in [0.25, 0.3) is 11.3 Å². The summed E-state index contributed by atoms with van der Waals surface area (Å²) >= 11 is 6.00. The number of aromatic amines is 1. The van der Waals surface area contributed by atoms with Gasteiger partial charge in [-0.2, -0.15) is 0 Å². The summed E-state index contributed by atoms with van der Waals surface area (Å²) in [6, 6.07) is 5.47. The van der Waals surface area contributed by atoms with Gasteiger partial charge >= 0.3 is 0 Å². The van der Waals surface area contributed by atoms with Crippen LogP contribution >= 0.6 is 11.6 Å². The first-order chi connectivity index (χ1) is 8.26. The summed E-state index contributed by atoms with van der Waals surface area (Å²) in [5.41, 5.74) is 8.28. The molecule has 0 aliphatic carbocycles. The first-order valence-corrected chi connectivity index (χ1v) is 5.70. The number of ether oxygens (including phenoxy) is 1. The van der Waals surface area contributed by atoms with Gasteiger partial charge in [-0.15, -0.1) is 0 Å². The molecule has 0 saturated carbocycles. The van der Waals surface area contributed by atoms with Crippen molar-refractivity contribution in [3.63, 3.8) is 0 Å². The van der Waals surface area contributed by atoms with Crippen LogP contribution in [0.1, 0.15) is 5.69 Å². The van der Waals surface area contributed by atoms with Crippen molar-refractivity contribution in [3.05, 3.63) is 35.2 Å². The highest BCUT2D eigenvalue weighted by Crippen LogP contribution is 2.32. The van der Waals surface area contributed by atoms with E-state index < -0.39 is 0 Å². The van der Waals surface area contributed by atoms with Crippen molar-refractivity contribution in [3.8, 4) is 17.0 Å². The average Bonchev–Trinajstić information content (AvgIpc) is 2.77. The molecule has 1 heterocycles. The molecule has 3 N–H and O–H groups in total. The highest BCUT2D eigenvalue weighted by molar-refractivity contribution is 6.31. The monoisotopic (exact) mass is 251 g/mol. The summed E-state index contributed by atoms with van der Waals surface area (Å²) in [5.74, 6) is 0.750. The van der Waals surface area contributed by atoms with E-state index in [2.05, 4.69) is 9.97 Å². The van der Waals surface area contributed by atoms with Crippen molar-refractivity contribution in [2.75, 3.05) is 13.7 Å². The number of imidazole rings is 1. The number of H-pyrrole nitrogens is 1. The zero-order chi connectivity index (χ0) is 12.3. The molecule has 0 saturated heterocycles. The third-order valence-electron chi connectivity index (χ3n) is 2.53. The Morgan fingerprint density at radius 1 is 1.47 bits per heavy atom. The van der Waals surface area contributed by atoms with E-state index in [0.29, 0.717) is 11.6 Å². The molecule has 0 aliphatic heterocycles. The Bertz CT molecular complexity index is 510. The lowest BCUT2D eigenvalue weighted by Gasteiger charge is -2.08. The largest absolute Gasteiger partial charge is 0.496 e. The maximum atomic E-state index is 6.00. The van der Waals surface area contributed by atoms with Crippen LogP contribution in [0.5, 0.6) is 5.75 Å². The number of methoxy groups -OCH3 is 1. The lowest BCUT2D eigenvalue weighted by molar-refractivity contribution is 0.416. The van der Waals surface area contributed by atoms with Gasteiger partial charge in [-0.05, 0) is 24.7 Å². The fourth-order valence-corrected chi connectivity index (χ4v) is 1.93. The van der Waals surface area contributed by atoms with Crippen LogP contribution in [0, 0.1) is 0 Å². The Morgan fingerprint density at radius 3 is 3.00 bits per heavy atom. The summed E-state index contributed by atoms with van der Waals surface area (Å²) in [4.78, 5) is 7.39. The Morgan fingerprint density at radius 2 is 2.29 bits per heavy atom. The Hall–Kier alpha value is -1.52. The Balaban J connectivity index is 2.51.